The smallest absolute Gasteiger partial charge is 0.253 e. The van der Waals surface area contributed by atoms with Crippen LogP contribution in [0.25, 0.3) is 0 Å². The van der Waals surface area contributed by atoms with Gasteiger partial charge < -0.3 is 15.4 Å². The van der Waals surface area contributed by atoms with Crippen LogP contribution in [-0.2, 0) is 9.53 Å². The van der Waals surface area contributed by atoms with Crippen molar-refractivity contribution in [2.45, 2.75) is 12.5 Å². The zero-order valence-electron chi connectivity index (χ0n) is 8.57. The zero-order valence-corrected chi connectivity index (χ0v) is 9.39. The van der Waals surface area contributed by atoms with Crippen LogP contribution in [-0.4, -0.2) is 55.2 Å². The maximum absolute atomic E-state index is 11.8. The molecule has 0 aliphatic carbocycles. The van der Waals surface area contributed by atoms with E-state index in [-0.39, 0.29) is 12.5 Å². The van der Waals surface area contributed by atoms with E-state index in [0.717, 1.165) is 31.0 Å². The number of thioether (sulfide) groups is 1. The predicted octanol–water partition coefficient (Wildman–Crippen LogP) is -0.0744. The van der Waals surface area contributed by atoms with Gasteiger partial charge in [0.1, 0.15) is 6.10 Å². The Bertz CT molecular complexity index is 178. The van der Waals surface area contributed by atoms with Crippen molar-refractivity contribution >= 4 is 17.7 Å². The van der Waals surface area contributed by atoms with Crippen molar-refractivity contribution < 1.29 is 9.53 Å². The highest BCUT2D eigenvalue weighted by atomic mass is 32.2. The molecule has 1 aliphatic heterocycles. The quantitative estimate of drug-likeness (QED) is 0.720. The molecule has 0 saturated carbocycles. The molecule has 82 valence electrons. The molecular weight excluding hydrogens is 200 g/mol. The number of hydrogen-bond donors (Lipinski definition) is 1. The highest BCUT2D eigenvalue weighted by Gasteiger charge is 2.23. The van der Waals surface area contributed by atoms with Crippen LogP contribution in [0.15, 0.2) is 0 Å². The largest absolute Gasteiger partial charge is 0.370 e. The van der Waals surface area contributed by atoms with Gasteiger partial charge in [-0.15, -0.1) is 0 Å². The zero-order chi connectivity index (χ0) is 10.4. The molecule has 1 rings (SSSR count). The Morgan fingerprint density at radius 1 is 1.57 bits per heavy atom. The first-order valence-corrected chi connectivity index (χ1v) is 6.04. The Kier molecular flexibility index (Phi) is 5.29. The van der Waals surface area contributed by atoms with Crippen molar-refractivity contribution in [1.29, 1.82) is 0 Å². The van der Waals surface area contributed by atoms with Gasteiger partial charge in [0, 0.05) is 32.5 Å². The lowest BCUT2D eigenvalue weighted by Gasteiger charge is -2.24. The molecule has 0 aromatic heterocycles. The van der Waals surface area contributed by atoms with Gasteiger partial charge in [-0.3, -0.25) is 4.79 Å². The minimum atomic E-state index is -0.460. The summed E-state index contributed by atoms with van der Waals surface area (Å²) in [6.45, 7) is 1.92. The van der Waals surface area contributed by atoms with Crippen molar-refractivity contribution in [3.63, 3.8) is 0 Å². The average Bonchev–Trinajstić information content (AvgIpc) is 2.47. The standard InChI is InChI=1S/C9H18N2O2S/c1-13-8(7-10)9(12)11-3-2-5-14-6-4-11/h8H,2-7,10H2,1H3. The topological polar surface area (TPSA) is 55.6 Å². The summed E-state index contributed by atoms with van der Waals surface area (Å²) in [6.07, 6.45) is 0.607. The second kappa shape index (κ2) is 6.27. The summed E-state index contributed by atoms with van der Waals surface area (Å²) in [7, 11) is 1.53. The van der Waals surface area contributed by atoms with Crippen molar-refractivity contribution in [2.24, 2.45) is 5.73 Å². The Labute approximate surface area is 89.2 Å². The third-order valence-electron chi connectivity index (χ3n) is 2.31. The van der Waals surface area contributed by atoms with E-state index >= 15 is 0 Å². The number of ether oxygens (including phenoxy) is 1. The van der Waals surface area contributed by atoms with E-state index in [4.69, 9.17) is 10.5 Å². The summed E-state index contributed by atoms with van der Waals surface area (Å²) in [5, 5.41) is 0. The maximum atomic E-state index is 11.8. The van der Waals surface area contributed by atoms with Crippen LogP contribution in [0.2, 0.25) is 0 Å². The van der Waals surface area contributed by atoms with E-state index in [9.17, 15) is 4.79 Å². The molecule has 4 nitrogen and oxygen atoms in total. The molecule has 0 aromatic carbocycles. The van der Waals surface area contributed by atoms with Crippen LogP contribution in [0.1, 0.15) is 6.42 Å². The van der Waals surface area contributed by atoms with E-state index in [1.54, 1.807) is 0 Å². The number of rotatable bonds is 3. The summed E-state index contributed by atoms with van der Waals surface area (Å²) in [5.74, 6) is 2.20. The van der Waals surface area contributed by atoms with E-state index < -0.39 is 6.10 Å². The number of amides is 1. The van der Waals surface area contributed by atoms with E-state index in [0.29, 0.717) is 0 Å². The lowest BCUT2D eigenvalue weighted by Crippen LogP contribution is -2.44. The number of nitrogens with zero attached hydrogens (tertiary/aromatic N) is 1. The minimum Gasteiger partial charge on any atom is -0.370 e. The Hall–Kier alpha value is -0.260. The molecule has 0 radical (unpaired) electrons. The van der Waals surface area contributed by atoms with Crippen LogP contribution in [0, 0.1) is 0 Å². The monoisotopic (exact) mass is 218 g/mol. The van der Waals surface area contributed by atoms with E-state index in [1.807, 2.05) is 16.7 Å². The second-order valence-electron chi connectivity index (χ2n) is 3.25. The molecule has 1 amide bonds. The highest BCUT2D eigenvalue weighted by molar-refractivity contribution is 7.99. The predicted molar refractivity (Wildman–Crippen MR) is 58.4 cm³/mol. The molecule has 14 heavy (non-hydrogen) atoms. The summed E-state index contributed by atoms with van der Waals surface area (Å²) < 4.78 is 5.03. The lowest BCUT2D eigenvalue weighted by molar-refractivity contribution is -0.141. The molecule has 5 heteroatoms. The number of carbonyl (C=O) groups is 1. The third-order valence-corrected chi connectivity index (χ3v) is 3.36. The molecule has 0 aromatic rings. The van der Waals surface area contributed by atoms with Gasteiger partial charge in [0.15, 0.2) is 0 Å². The maximum Gasteiger partial charge on any atom is 0.253 e. The minimum absolute atomic E-state index is 0.0394. The van der Waals surface area contributed by atoms with Gasteiger partial charge in [-0.2, -0.15) is 11.8 Å². The van der Waals surface area contributed by atoms with Gasteiger partial charge in [0.2, 0.25) is 0 Å². The van der Waals surface area contributed by atoms with Crippen molar-refractivity contribution in [3.05, 3.63) is 0 Å². The van der Waals surface area contributed by atoms with Gasteiger partial charge in [-0.1, -0.05) is 0 Å². The normalized spacial score (nSPS) is 20.3. The van der Waals surface area contributed by atoms with Gasteiger partial charge in [0.05, 0.1) is 0 Å². The Balaban J connectivity index is 2.48. The second-order valence-corrected chi connectivity index (χ2v) is 4.48. The Morgan fingerprint density at radius 3 is 3.00 bits per heavy atom. The van der Waals surface area contributed by atoms with Gasteiger partial charge in [0.25, 0.3) is 5.91 Å². The molecule has 1 heterocycles. The van der Waals surface area contributed by atoms with Crippen molar-refractivity contribution in [2.75, 3.05) is 38.2 Å². The van der Waals surface area contributed by atoms with Crippen LogP contribution >= 0.6 is 11.8 Å². The van der Waals surface area contributed by atoms with E-state index in [1.165, 1.54) is 7.11 Å². The lowest BCUT2D eigenvalue weighted by atomic mass is 10.3. The molecule has 1 saturated heterocycles. The molecule has 2 N–H and O–H groups in total. The first kappa shape index (κ1) is 11.8. The van der Waals surface area contributed by atoms with Crippen LogP contribution in [0.4, 0.5) is 0 Å². The summed E-state index contributed by atoms with van der Waals surface area (Å²) in [6, 6.07) is 0. The molecule has 1 fully saturated rings. The number of carbonyl (C=O) groups excluding carboxylic acids is 1. The number of methoxy groups -OCH3 is 1. The molecular formula is C9H18N2O2S. The van der Waals surface area contributed by atoms with Crippen LogP contribution < -0.4 is 5.73 Å². The fraction of sp³-hybridized carbons (Fsp3) is 0.889. The van der Waals surface area contributed by atoms with Gasteiger partial charge >= 0.3 is 0 Å². The average molecular weight is 218 g/mol. The Morgan fingerprint density at radius 2 is 2.36 bits per heavy atom. The fourth-order valence-electron chi connectivity index (χ4n) is 1.47. The SMILES string of the molecule is COC(CN)C(=O)N1CCCSCC1. The molecule has 1 unspecified atom stereocenters. The summed E-state index contributed by atoms with van der Waals surface area (Å²) in [4.78, 5) is 13.7. The number of nitrogens with two attached hydrogens (primary N) is 1. The third kappa shape index (κ3) is 3.15. The number of hydrogen-bond acceptors (Lipinski definition) is 4. The highest BCUT2D eigenvalue weighted by Crippen LogP contribution is 2.11. The van der Waals surface area contributed by atoms with Crippen molar-refractivity contribution in [3.8, 4) is 0 Å². The van der Waals surface area contributed by atoms with Gasteiger partial charge in [-0.25, -0.2) is 0 Å². The van der Waals surface area contributed by atoms with Gasteiger partial charge in [-0.05, 0) is 12.2 Å². The molecule has 1 aliphatic rings. The fourth-order valence-corrected chi connectivity index (χ4v) is 2.35. The van der Waals surface area contributed by atoms with E-state index in [2.05, 4.69) is 0 Å². The summed E-state index contributed by atoms with van der Waals surface area (Å²) >= 11 is 1.90. The summed E-state index contributed by atoms with van der Waals surface area (Å²) in [5.41, 5.74) is 5.45. The first-order chi connectivity index (χ1) is 6.79. The molecule has 0 bridgehead atoms. The van der Waals surface area contributed by atoms with Crippen LogP contribution in [0.3, 0.4) is 0 Å². The first-order valence-electron chi connectivity index (χ1n) is 4.89. The molecule has 1 atom stereocenters. The van der Waals surface area contributed by atoms with Crippen LogP contribution in [0.5, 0.6) is 0 Å². The van der Waals surface area contributed by atoms with Crippen molar-refractivity contribution in [1.82, 2.24) is 4.90 Å². The molecule has 0 spiro atoms.